The number of benzene rings is 3. The number of hydrogen-bond donors (Lipinski definition) is 0. The van der Waals surface area contributed by atoms with Crippen LogP contribution in [0.4, 0.5) is 0 Å². The summed E-state index contributed by atoms with van der Waals surface area (Å²) < 4.78 is 35.7. The van der Waals surface area contributed by atoms with Gasteiger partial charge in [-0.3, -0.25) is 8.98 Å². The normalized spacial score (nSPS) is 12.3. The first-order valence-electron chi connectivity index (χ1n) is 12.1. The van der Waals surface area contributed by atoms with Crippen LogP contribution < -0.4 is 4.74 Å². The van der Waals surface area contributed by atoms with Crippen molar-refractivity contribution in [3.8, 4) is 5.75 Å². The molecule has 204 valence electrons. The van der Waals surface area contributed by atoms with Gasteiger partial charge in [-0.05, 0) is 66.4 Å². The van der Waals surface area contributed by atoms with Crippen LogP contribution in [-0.2, 0) is 27.3 Å². The summed E-state index contributed by atoms with van der Waals surface area (Å²) in [5.41, 5.74) is 3.33. The van der Waals surface area contributed by atoms with Gasteiger partial charge in [-0.1, -0.05) is 53.5 Å². The van der Waals surface area contributed by atoms with Crippen LogP contribution in [0.3, 0.4) is 0 Å². The lowest BCUT2D eigenvalue weighted by Gasteiger charge is -2.19. The Morgan fingerprint density at radius 3 is 2.44 bits per heavy atom. The number of carbonyl (C=O) groups is 1. The summed E-state index contributed by atoms with van der Waals surface area (Å²) in [5, 5.41) is 2.03. The van der Waals surface area contributed by atoms with Crippen LogP contribution >= 0.6 is 23.2 Å². The molecule has 7 nitrogen and oxygen atoms in total. The Morgan fingerprint density at radius 1 is 0.974 bits per heavy atom. The third kappa shape index (κ3) is 7.92. The van der Waals surface area contributed by atoms with E-state index in [1.807, 2.05) is 24.3 Å². The number of carbonyl (C=O) groups excluding carboxylic acids is 1. The predicted octanol–water partition coefficient (Wildman–Crippen LogP) is 6.47. The second-order valence-corrected chi connectivity index (χ2v) is 11.8. The van der Waals surface area contributed by atoms with Crippen molar-refractivity contribution in [1.29, 1.82) is 0 Å². The Kier molecular flexibility index (Phi) is 9.12. The van der Waals surface area contributed by atoms with Gasteiger partial charge in [0.05, 0.1) is 17.5 Å². The van der Waals surface area contributed by atoms with Gasteiger partial charge in [0.1, 0.15) is 18.5 Å². The fraction of sp³-hybridized carbons (Fsp3) is 0.241. The number of pyridine rings is 1. The fourth-order valence-corrected chi connectivity index (χ4v) is 5.12. The lowest BCUT2D eigenvalue weighted by Crippen LogP contribution is -2.23. The molecule has 1 atom stereocenters. The van der Waals surface area contributed by atoms with E-state index >= 15 is 0 Å². The maximum Gasteiger partial charge on any atom is 0.264 e. The smallest absolute Gasteiger partial charge is 0.264 e. The molecular formula is C29H28Cl2N2O5S. The number of aryl methyl sites for hydroxylation is 1. The molecule has 1 heterocycles. The minimum atomic E-state index is -3.77. The molecule has 4 aromatic rings. The Balaban J connectivity index is 1.53. The van der Waals surface area contributed by atoms with Gasteiger partial charge in [-0.25, -0.2) is 4.98 Å². The maximum absolute atomic E-state index is 12.7. The van der Waals surface area contributed by atoms with Gasteiger partial charge in [0.2, 0.25) is 0 Å². The van der Waals surface area contributed by atoms with E-state index in [0.717, 1.165) is 28.4 Å². The van der Waals surface area contributed by atoms with Crippen molar-refractivity contribution in [3.63, 3.8) is 0 Å². The zero-order valence-electron chi connectivity index (χ0n) is 21.7. The van der Waals surface area contributed by atoms with E-state index in [2.05, 4.69) is 4.98 Å². The summed E-state index contributed by atoms with van der Waals surface area (Å²) in [4.78, 5) is 18.8. The highest BCUT2D eigenvalue weighted by atomic mass is 35.5. The average Bonchev–Trinajstić information content (AvgIpc) is 2.89. The van der Waals surface area contributed by atoms with E-state index in [0.29, 0.717) is 39.8 Å². The van der Waals surface area contributed by atoms with Gasteiger partial charge in [0.25, 0.3) is 16.0 Å². The molecule has 0 aliphatic heterocycles. The molecular weight excluding hydrogens is 559 g/mol. The van der Waals surface area contributed by atoms with Gasteiger partial charge < -0.3 is 9.64 Å². The Hall–Kier alpha value is -3.17. The van der Waals surface area contributed by atoms with Crippen LogP contribution in [0.15, 0.2) is 72.8 Å². The zero-order valence-corrected chi connectivity index (χ0v) is 24.1. The van der Waals surface area contributed by atoms with Crippen molar-refractivity contribution in [2.45, 2.75) is 25.6 Å². The summed E-state index contributed by atoms with van der Waals surface area (Å²) >= 11 is 12.2. The molecule has 4 rings (SSSR count). The number of hydrogen-bond acceptors (Lipinski definition) is 6. The predicted molar refractivity (Wildman–Crippen MR) is 154 cm³/mol. The first kappa shape index (κ1) is 28.8. The molecule has 0 N–H and O–H groups in total. The first-order valence-corrected chi connectivity index (χ1v) is 14.7. The van der Waals surface area contributed by atoms with E-state index < -0.39 is 16.2 Å². The lowest BCUT2D eigenvalue weighted by molar-refractivity contribution is 0.0826. The Morgan fingerprint density at radius 2 is 1.69 bits per heavy atom. The molecule has 3 aromatic carbocycles. The van der Waals surface area contributed by atoms with Crippen molar-refractivity contribution < 1.29 is 22.1 Å². The summed E-state index contributed by atoms with van der Waals surface area (Å²) in [7, 11) is -0.446. The summed E-state index contributed by atoms with van der Waals surface area (Å²) in [5.74, 6) is 0.352. The lowest BCUT2D eigenvalue weighted by atomic mass is 9.97. The SMILES string of the molecule is CN(C)C(=O)c1cc(Cl)ccc1CCC(OS(C)(=O)=O)c1cccc(OCc2ccc3ccc(Cl)cc3n2)c1. The molecule has 1 amide bonds. The molecule has 10 heteroatoms. The summed E-state index contributed by atoms with van der Waals surface area (Å²) in [6.07, 6.45) is 0.920. The standard InChI is InChI=1S/C29H28Cl2N2O5S/c1-33(2)29(34)26-16-22(30)11-7-19(26)10-14-28(38-39(3,35)36)21-5-4-6-25(15-21)37-18-24-13-9-20-8-12-23(31)17-27(20)32-24/h4-9,11-13,15-17,28H,10,14,18H2,1-3H3. The maximum atomic E-state index is 12.7. The van der Waals surface area contributed by atoms with E-state index in [-0.39, 0.29) is 12.5 Å². The number of amides is 1. The van der Waals surface area contributed by atoms with Gasteiger partial charge in [-0.15, -0.1) is 0 Å². The highest BCUT2D eigenvalue weighted by Gasteiger charge is 2.21. The average molecular weight is 588 g/mol. The van der Waals surface area contributed by atoms with Crippen LogP contribution in [0.2, 0.25) is 10.0 Å². The van der Waals surface area contributed by atoms with Crippen LogP contribution in [0.25, 0.3) is 10.9 Å². The van der Waals surface area contributed by atoms with Gasteiger partial charge in [-0.2, -0.15) is 8.42 Å². The number of ether oxygens (including phenoxy) is 1. The van der Waals surface area contributed by atoms with E-state index in [4.69, 9.17) is 32.1 Å². The van der Waals surface area contributed by atoms with E-state index in [1.165, 1.54) is 4.90 Å². The van der Waals surface area contributed by atoms with Crippen molar-refractivity contribution in [2.24, 2.45) is 0 Å². The number of halogens is 2. The van der Waals surface area contributed by atoms with Gasteiger partial charge in [0, 0.05) is 35.1 Å². The zero-order chi connectivity index (χ0) is 28.2. The second kappa shape index (κ2) is 12.3. The van der Waals surface area contributed by atoms with Gasteiger partial charge in [0.15, 0.2) is 0 Å². The van der Waals surface area contributed by atoms with Crippen molar-refractivity contribution in [2.75, 3.05) is 20.4 Å². The van der Waals surface area contributed by atoms with Crippen LogP contribution in [-0.4, -0.2) is 44.6 Å². The van der Waals surface area contributed by atoms with E-state index in [9.17, 15) is 13.2 Å². The number of rotatable bonds is 10. The third-order valence-corrected chi connectivity index (χ3v) is 7.06. The van der Waals surface area contributed by atoms with Crippen LogP contribution in [0.1, 0.15) is 39.7 Å². The molecule has 39 heavy (non-hydrogen) atoms. The van der Waals surface area contributed by atoms with Crippen molar-refractivity contribution in [3.05, 3.63) is 105 Å². The summed E-state index contributed by atoms with van der Waals surface area (Å²) in [6.45, 7) is 0.213. The number of aromatic nitrogens is 1. The minimum Gasteiger partial charge on any atom is -0.487 e. The largest absolute Gasteiger partial charge is 0.487 e. The molecule has 1 unspecified atom stereocenters. The molecule has 0 fully saturated rings. The number of fused-ring (bicyclic) bond motifs is 1. The molecule has 0 aliphatic carbocycles. The second-order valence-electron chi connectivity index (χ2n) is 9.33. The third-order valence-electron chi connectivity index (χ3n) is 6.00. The van der Waals surface area contributed by atoms with E-state index in [1.54, 1.807) is 62.6 Å². The van der Waals surface area contributed by atoms with Crippen molar-refractivity contribution in [1.82, 2.24) is 9.88 Å². The monoisotopic (exact) mass is 586 g/mol. The molecule has 0 spiro atoms. The Bertz CT molecular complexity index is 1610. The molecule has 0 saturated heterocycles. The molecule has 0 aliphatic rings. The van der Waals surface area contributed by atoms with Crippen molar-refractivity contribution >= 4 is 50.1 Å². The highest BCUT2D eigenvalue weighted by Crippen LogP contribution is 2.30. The topological polar surface area (TPSA) is 85.8 Å². The fourth-order valence-electron chi connectivity index (χ4n) is 4.15. The first-order chi connectivity index (χ1) is 18.5. The summed E-state index contributed by atoms with van der Waals surface area (Å²) in [6, 6.07) is 21.6. The van der Waals surface area contributed by atoms with Crippen LogP contribution in [0.5, 0.6) is 5.75 Å². The van der Waals surface area contributed by atoms with Gasteiger partial charge >= 0.3 is 0 Å². The van der Waals surface area contributed by atoms with Crippen LogP contribution in [0, 0.1) is 0 Å². The minimum absolute atomic E-state index is 0.187. The molecule has 1 aromatic heterocycles. The number of nitrogens with zero attached hydrogens (tertiary/aromatic N) is 2. The molecule has 0 bridgehead atoms. The molecule has 0 saturated carbocycles. The Labute approximate surface area is 238 Å². The quantitative estimate of drug-likeness (QED) is 0.198. The molecule has 0 radical (unpaired) electrons. The highest BCUT2D eigenvalue weighted by molar-refractivity contribution is 7.86.